The molecule has 0 aliphatic rings. The second-order valence-corrected chi connectivity index (χ2v) is 4.31. The van der Waals surface area contributed by atoms with Crippen molar-refractivity contribution in [3.63, 3.8) is 0 Å². The highest BCUT2D eigenvalue weighted by molar-refractivity contribution is 5.90. The lowest BCUT2D eigenvalue weighted by Gasteiger charge is -2.06. The Morgan fingerprint density at radius 1 is 1.05 bits per heavy atom. The number of halogens is 3. The Bertz CT molecular complexity index is 669. The molecule has 0 fully saturated rings. The van der Waals surface area contributed by atoms with Gasteiger partial charge in [-0.3, -0.25) is 0 Å². The Balaban J connectivity index is 1.94. The van der Waals surface area contributed by atoms with Gasteiger partial charge in [-0.15, -0.1) is 0 Å². The molecule has 2 amide bonds. The lowest BCUT2D eigenvalue weighted by molar-refractivity contribution is -0.137. The van der Waals surface area contributed by atoms with Crippen LogP contribution < -0.4 is 10.7 Å². The molecule has 7 heteroatoms. The molecule has 2 rings (SSSR count). The van der Waals surface area contributed by atoms with Crippen LogP contribution in [0.25, 0.3) is 0 Å². The number of carbonyl (C=O) groups is 1. The van der Waals surface area contributed by atoms with E-state index in [1.54, 1.807) is 30.3 Å². The van der Waals surface area contributed by atoms with Crippen molar-refractivity contribution in [1.82, 2.24) is 5.43 Å². The van der Waals surface area contributed by atoms with E-state index in [0.29, 0.717) is 5.69 Å². The standard InChI is InChI=1S/C15H12F3N3O/c16-15(17,18)12-6-4-5-11(9-12)10-19-21-14(22)20-13-7-2-1-3-8-13/h1-10H,(H2,20,21,22)/b19-10+. The summed E-state index contributed by atoms with van der Waals surface area (Å²) < 4.78 is 37.6. The maximum absolute atomic E-state index is 12.5. The van der Waals surface area contributed by atoms with Gasteiger partial charge in [0.1, 0.15) is 0 Å². The van der Waals surface area contributed by atoms with Crippen LogP contribution in [0.5, 0.6) is 0 Å². The number of nitrogens with one attached hydrogen (secondary N) is 2. The van der Waals surface area contributed by atoms with Crippen LogP contribution in [0.3, 0.4) is 0 Å². The fourth-order valence-electron chi connectivity index (χ4n) is 1.64. The molecule has 2 N–H and O–H groups in total. The first-order valence-electron chi connectivity index (χ1n) is 6.27. The van der Waals surface area contributed by atoms with Gasteiger partial charge < -0.3 is 5.32 Å². The number of anilines is 1. The van der Waals surface area contributed by atoms with Gasteiger partial charge in [0, 0.05) is 5.69 Å². The Morgan fingerprint density at radius 3 is 2.45 bits per heavy atom. The van der Waals surface area contributed by atoms with Gasteiger partial charge in [-0.05, 0) is 29.8 Å². The summed E-state index contributed by atoms with van der Waals surface area (Å²) in [5.41, 5.74) is 2.21. The molecule has 0 saturated carbocycles. The predicted molar refractivity (Wildman–Crippen MR) is 77.6 cm³/mol. The van der Waals surface area contributed by atoms with Crippen molar-refractivity contribution in [2.24, 2.45) is 5.10 Å². The SMILES string of the molecule is O=C(N/N=C/c1cccc(C(F)(F)F)c1)Nc1ccccc1. The number of alkyl halides is 3. The summed E-state index contributed by atoms with van der Waals surface area (Å²) in [6, 6.07) is 12.7. The van der Waals surface area contributed by atoms with Crippen molar-refractivity contribution in [2.75, 3.05) is 5.32 Å². The van der Waals surface area contributed by atoms with Crippen molar-refractivity contribution >= 4 is 17.9 Å². The first-order chi connectivity index (χ1) is 10.4. The van der Waals surface area contributed by atoms with E-state index in [0.717, 1.165) is 18.3 Å². The molecule has 2 aromatic rings. The number of para-hydroxylation sites is 1. The second kappa shape index (κ2) is 6.75. The molecule has 4 nitrogen and oxygen atoms in total. The van der Waals surface area contributed by atoms with E-state index in [1.807, 2.05) is 0 Å². The number of urea groups is 1. The second-order valence-electron chi connectivity index (χ2n) is 4.31. The molecular weight excluding hydrogens is 295 g/mol. The Labute approximate surface area is 124 Å². The van der Waals surface area contributed by atoms with Gasteiger partial charge in [0.15, 0.2) is 0 Å². The lowest BCUT2D eigenvalue weighted by Crippen LogP contribution is -2.24. The van der Waals surface area contributed by atoms with E-state index in [1.165, 1.54) is 12.1 Å². The van der Waals surface area contributed by atoms with Crippen LogP contribution in [-0.4, -0.2) is 12.2 Å². The first-order valence-corrected chi connectivity index (χ1v) is 6.27. The molecular formula is C15H12F3N3O. The zero-order valence-electron chi connectivity index (χ0n) is 11.3. The zero-order chi connectivity index (χ0) is 16.0. The van der Waals surface area contributed by atoms with Gasteiger partial charge in [0.2, 0.25) is 0 Å². The van der Waals surface area contributed by atoms with Crippen LogP contribution in [0.15, 0.2) is 59.7 Å². The molecule has 0 bridgehead atoms. The molecule has 0 aromatic heterocycles. The molecule has 0 spiro atoms. The first kappa shape index (κ1) is 15.6. The van der Waals surface area contributed by atoms with Gasteiger partial charge in [0.25, 0.3) is 0 Å². The van der Waals surface area contributed by atoms with Crippen molar-refractivity contribution < 1.29 is 18.0 Å². The summed E-state index contributed by atoms with van der Waals surface area (Å²) in [6.45, 7) is 0. The van der Waals surface area contributed by atoms with Crippen LogP contribution in [0.1, 0.15) is 11.1 Å². The average Bonchev–Trinajstić information content (AvgIpc) is 2.48. The normalized spacial score (nSPS) is 11.4. The van der Waals surface area contributed by atoms with Crippen molar-refractivity contribution in [3.8, 4) is 0 Å². The fourth-order valence-corrected chi connectivity index (χ4v) is 1.64. The van der Waals surface area contributed by atoms with Crippen LogP contribution >= 0.6 is 0 Å². The van der Waals surface area contributed by atoms with Crippen molar-refractivity contribution in [1.29, 1.82) is 0 Å². The van der Waals surface area contributed by atoms with Gasteiger partial charge >= 0.3 is 12.2 Å². The fraction of sp³-hybridized carbons (Fsp3) is 0.0667. The molecule has 114 valence electrons. The van der Waals surface area contributed by atoms with E-state index in [2.05, 4.69) is 15.8 Å². The number of hydrazone groups is 1. The van der Waals surface area contributed by atoms with Crippen LogP contribution in [0.4, 0.5) is 23.7 Å². The molecule has 0 unspecified atom stereocenters. The third-order valence-corrected chi connectivity index (χ3v) is 2.63. The summed E-state index contributed by atoms with van der Waals surface area (Å²) in [7, 11) is 0. The highest BCUT2D eigenvalue weighted by atomic mass is 19.4. The van der Waals surface area contributed by atoms with Gasteiger partial charge in [-0.2, -0.15) is 18.3 Å². The van der Waals surface area contributed by atoms with Crippen molar-refractivity contribution in [2.45, 2.75) is 6.18 Å². The van der Waals surface area contributed by atoms with Crippen molar-refractivity contribution in [3.05, 3.63) is 65.7 Å². The molecule has 0 atom stereocenters. The molecule has 0 aliphatic heterocycles. The van der Waals surface area contributed by atoms with Crippen LogP contribution in [-0.2, 0) is 6.18 Å². The Kier molecular flexibility index (Phi) is 4.77. The smallest absolute Gasteiger partial charge is 0.307 e. The predicted octanol–water partition coefficient (Wildman–Crippen LogP) is 3.86. The monoisotopic (exact) mass is 307 g/mol. The largest absolute Gasteiger partial charge is 0.416 e. The summed E-state index contributed by atoms with van der Waals surface area (Å²) in [4.78, 5) is 11.5. The minimum atomic E-state index is -4.41. The number of nitrogens with zero attached hydrogens (tertiary/aromatic N) is 1. The van der Waals surface area contributed by atoms with E-state index in [4.69, 9.17) is 0 Å². The number of hydrogen-bond donors (Lipinski definition) is 2. The van der Waals surface area contributed by atoms with E-state index >= 15 is 0 Å². The van der Waals surface area contributed by atoms with E-state index < -0.39 is 17.8 Å². The number of rotatable bonds is 3. The summed E-state index contributed by atoms with van der Waals surface area (Å²) in [6.07, 6.45) is -3.28. The lowest BCUT2D eigenvalue weighted by atomic mass is 10.1. The average molecular weight is 307 g/mol. The third-order valence-electron chi connectivity index (χ3n) is 2.63. The highest BCUT2D eigenvalue weighted by Gasteiger charge is 2.30. The Hall–Kier alpha value is -2.83. The minimum absolute atomic E-state index is 0.231. The molecule has 0 aliphatic carbocycles. The molecule has 0 heterocycles. The maximum atomic E-state index is 12.5. The summed E-state index contributed by atoms with van der Waals surface area (Å²) >= 11 is 0. The highest BCUT2D eigenvalue weighted by Crippen LogP contribution is 2.29. The molecule has 2 aromatic carbocycles. The number of amides is 2. The van der Waals surface area contributed by atoms with E-state index in [9.17, 15) is 18.0 Å². The molecule has 0 radical (unpaired) electrons. The van der Waals surface area contributed by atoms with Crippen LogP contribution in [0, 0.1) is 0 Å². The van der Waals surface area contributed by atoms with Gasteiger partial charge in [0.05, 0.1) is 11.8 Å². The number of hydrogen-bond acceptors (Lipinski definition) is 2. The minimum Gasteiger partial charge on any atom is -0.307 e. The summed E-state index contributed by atoms with van der Waals surface area (Å²) in [5.74, 6) is 0. The topological polar surface area (TPSA) is 53.5 Å². The van der Waals surface area contributed by atoms with Gasteiger partial charge in [-0.25, -0.2) is 10.2 Å². The van der Waals surface area contributed by atoms with E-state index in [-0.39, 0.29) is 5.56 Å². The summed E-state index contributed by atoms with van der Waals surface area (Å²) in [5, 5.41) is 6.13. The zero-order valence-corrected chi connectivity index (χ0v) is 11.3. The molecule has 22 heavy (non-hydrogen) atoms. The van der Waals surface area contributed by atoms with Crippen LogP contribution in [0.2, 0.25) is 0 Å². The maximum Gasteiger partial charge on any atom is 0.416 e. The molecule has 0 saturated heterocycles. The number of carbonyl (C=O) groups excluding carboxylic acids is 1. The number of benzene rings is 2. The Morgan fingerprint density at radius 2 is 1.77 bits per heavy atom. The third kappa shape index (κ3) is 4.62. The van der Waals surface area contributed by atoms with Gasteiger partial charge in [-0.1, -0.05) is 30.3 Å². The quantitative estimate of drug-likeness (QED) is 0.656.